The number of hydrogen-bond acceptors (Lipinski definition) is 3. The van der Waals surface area contributed by atoms with Crippen molar-refractivity contribution >= 4 is 16.7 Å². The van der Waals surface area contributed by atoms with Gasteiger partial charge in [0.25, 0.3) is 0 Å². The molecule has 0 saturated heterocycles. The van der Waals surface area contributed by atoms with E-state index in [-0.39, 0.29) is 0 Å². The second-order valence-electron chi connectivity index (χ2n) is 3.56. The Hall–Kier alpha value is -1.58. The molecule has 0 bridgehead atoms. The monoisotopic (exact) mass is 204 g/mol. The van der Waals surface area contributed by atoms with Crippen LogP contribution in [-0.4, -0.2) is 22.0 Å². The van der Waals surface area contributed by atoms with E-state index in [9.17, 15) is 0 Å². The zero-order valence-electron chi connectivity index (χ0n) is 9.17. The van der Waals surface area contributed by atoms with Crippen LogP contribution in [0.25, 0.3) is 11.0 Å². The van der Waals surface area contributed by atoms with Crippen LogP contribution in [0.1, 0.15) is 25.8 Å². The van der Waals surface area contributed by atoms with E-state index in [1.54, 1.807) is 0 Å². The Morgan fingerprint density at radius 3 is 2.87 bits per heavy atom. The van der Waals surface area contributed by atoms with Gasteiger partial charge in [0.15, 0.2) is 0 Å². The summed E-state index contributed by atoms with van der Waals surface area (Å²) >= 11 is 0. The molecule has 0 radical (unpaired) electrons. The van der Waals surface area contributed by atoms with Gasteiger partial charge in [-0.1, -0.05) is 13.8 Å². The third-order valence-electron chi connectivity index (χ3n) is 2.51. The molecule has 1 aromatic heterocycles. The highest BCUT2D eigenvalue weighted by Gasteiger charge is 2.08. The first kappa shape index (κ1) is 9.96. The zero-order chi connectivity index (χ0) is 10.7. The van der Waals surface area contributed by atoms with Crippen molar-refractivity contribution in [3.05, 3.63) is 17.7 Å². The molecule has 80 valence electrons. The molecule has 1 heterocycles. The van der Waals surface area contributed by atoms with Crippen LogP contribution in [0.5, 0.6) is 0 Å². The Morgan fingerprint density at radius 2 is 2.13 bits per heavy atom. The van der Waals surface area contributed by atoms with Crippen LogP contribution < -0.4 is 5.32 Å². The molecule has 0 spiro atoms. The lowest BCUT2D eigenvalue weighted by Gasteiger charge is -2.09. The Kier molecular flexibility index (Phi) is 2.85. The van der Waals surface area contributed by atoms with Crippen molar-refractivity contribution in [2.45, 2.75) is 26.7 Å². The third kappa shape index (κ3) is 1.79. The molecule has 0 unspecified atom stereocenters. The SMILES string of the molecule is CCCNc1ccc2n[nH]nc2c1CC. The fraction of sp³-hybridized carbons (Fsp3) is 0.455. The summed E-state index contributed by atoms with van der Waals surface area (Å²) < 4.78 is 0. The molecule has 0 aliphatic rings. The highest BCUT2D eigenvalue weighted by Crippen LogP contribution is 2.23. The number of nitrogens with zero attached hydrogens (tertiary/aromatic N) is 2. The lowest BCUT2D eigenvalue weighted by atomic mass is 10.1. The van der Waals surface area contributed by atoms with Gasteiger partial charge < -0.3 is 5.32 Å². The number of fused-ring (bicyclic) bond motifs is 1. The number of aromatic amines is 1. The Balaban J connectivity index is 2.44. The van der Waals surface area contributed by atoms with Gasteiger partial charge in [0.1, 0.15) is 11.0 Å². The largest absolute Gasteiger partial charge is 0.385 e. The Bertz CT molecular complexity index is 447. The van der Waals surface area contributed by atoms with Crippen molar-refractivity contribution in [3.8, 4) is 0 Å². The van der Waals surface area contributed by atoms with Gasteiger partial charge in [-0.2, -0.15) is 15.4 Å². The van der Waals surface area contributed by atoms with Gasteiger partial charge >= 0.3 is 0 Å². The molecule has 2 N–H and O–H groups in total. The topological polar surface area (TPSA) is 53.6 Å². The van der Waals surface area contributed by atoms with Crippen LogP contribution in [0.15, 0.2) is 12.1 Å². The molecule has 0 aliphatic carbocycles. The molecule has 15 heavy (non-hydrogen) atoms. The van der Waals surface area contributed by atoms with E-state index in [0.29, 0.717) is 0 Å². The molecule has 2 aromatic rings. The van der Waals surface area contributed by atoms with Gasteiger partial charge in [0, 0.05) is 17.8 Å². The maximum Gasteiger partial charge on any atom is 0.118 e. The van der Waals surface area contributed by atoms with Crippen LogP contribution in [0.4, 0.5) is 5.69 Å². The Labute approximate surface area is 89.1 Å². The quantitative estimate of drug-likeness (QED) is 0.803. The molecule has 0 fully saturated rings. The number of hydrogen-bond donors (Lipinski definition) is 2. The van der Waals surface area contributed by atoms with Gasteiger partial charge in [0.05, 0.1) is 0 Å². The maximum atomic E-state index is 4.18. The molecule has 0 amide bonds. The van der Waals surface area contributed by atoms with Crippen molar-refractivity contribution in [2.24, 2.45) is 0 Å². The minimum Gasteiger partial charge on any atom is -0.385 e. The highest BCUT2D eigenvalue weighted by atomic mass is 15.3. The number of rotatable bonds is 4. The fourth-order valence-corrected chi connectivity index (χ4v) is 1.75. The van der Waals surface area contributed by atoms with Crippen molar-refractivity contribution in [1.29, 1.82) is 0 Å². The first-order chi connectivity index (χ1) is 7.36. The summed E-state index contributed by atoms with van der Waals surface area (Å²) in [5.74, 6) is 0. The standard InChI is InChI=1S/C11H16N4/c1-3-7-12-9-5-6-10-11(8(9)4-2)14-15-13-10/h5-6,12H,3-4,7H2,1-2H3,(H,13,14,15). The van der Waals surface area contributed by atoms with Crippen LogP contribution in [0, 0.1) is 0 Å². The maximum absolute atomic E-state index is 4.18. The molecule has 4 heteroatoms. The minimum atomic E-state index is 0.939. The van der Waals surface area contributed by atoms with Crippen LogP contribution in [0.2, 0.25) is 0 Å². The smallest absolute Gasteiger partial charge is 0.118 e. The van der Waals surface area contributed by atoms with Gasteiger partial charge in [-0.25, -0.2) is 0 Å². The summed E-state index contributed by atoms with van der Waals surface area (Å²) in [4.78, 5) is 0. The lowest BCUT2D eigenvalue weighted by molar-refractivity contribution is 0.954. The Morgan fingerprint density at radius 1 is 1.27 bits per heavy atom. The van der Waals surface area contributed by atoms with Crippen molar-refractivity contribution in [1.82, 2.24) is 15.4 Å². The molecular weight excluding hydrogens is 188 g/mol. The van der Waals surface area contributed by atoms with E-state index in [1.807, 2.05) is 6.07 Å². The van der Waals surface area contributed by atoms with Gasteiger partial charge in [-0.15, -0.1) is 0 Å². The summed E-state index contributed by atoms with van der Waals surface area (Å²) in [6.07, 6.45) is 2.09. The molecule has 2 rings (SSSR count). The van der Waals surface area contributed by atoms with Crippen molar-refractivity contribution in [3.63, 3.8) is 0 Å². The minimum absolute atomic E-state index is 0.939. The lowest BCUT2D eigenvalue weighted by Crippen LogP contribution is -2.03. The van der Waals surface area contributed by atoms with Crippen LogP contribution >= 0.6 is 0 Å². The molecule has 4 nitrogen and oxygen atoms in total. The van der Waals surface area contributed by atoms with Crippen molar-refractivity contribution < 1.29 is 0 Å². The first-order valence-corrected chi connectivity index (χ1v) is 5.43. The second-order valence-corrected chi connectivity index (χ2v) is 3.56. The molecule has 0 aliphatic heterocycles. The van der Waals surface area contributed by atoms with E-state index in [1.165, 1.54) is 11.3 Å². The molecule has 0 atom stereocenters. The van der Waals surface area contributed by atoms with E-state index >= 15 is 0 Å². The summed E-state index contributed by atoms with van der Waals surface area (Å²) in [7, 11) is 0. The van der Waals surface area contributed by atoms with E-state index in [2.05, 4.69) is 40.6 Å². The third-order valence-corrected chi connectivity index (χ3v) is 2.51. The second kappa shape index (κ2) is 4.29. The highest BCUT2D eigenvalue weighted by molar-refractivity contribution is 5.83. The average Bonchev–Trinajstić information content (AvgIpc) is 2.73. The van der Waals surface area contributed by atoms with Gasteiger partial charge in [0.2, 0.25) is 0 Å². The van der Waals surface area contributed by atoms with Gasteiger partial charge in [-0.05, 0) is 25.0 Å². The van der Waals surface area contributed by atoms with Gasteiger partial charge in [-0.3, -0.25) is 0 Å². The van der Waals surface area contributed by atoms with Crippen LogP contribution in [-0.2, 0) is 6.42 Å². The summed E-state index contributed by atoms with van der Waals surface area (Å²) in [5, 5.41) is 14.3. The molecule has 1 aromatic carbocycles. The molecule has 0 saturated carbocycles. The normalized spacial score (nSPS) is 10.8. The predicted molar refractivity (Wildman–Crippen MR) is 62.0 cm³/mol. The summed E-state index contributed by atoms with van der Waals surface area (Å²) in [6, 6.07) is 4.08. The number of benzene rings is 1. The number of nitrogens with one attached hydrogen (secondary N) is 2. The summed E-state index contributed by atoms with van der Waals surface area (Å²) in [6.45, 7) is 5.30. The van der Waals surface area contributed by atoms with E-state index in [0.717, 1.165) is 30.4 Å². The fourth-order valence-electron chi connectivity index (χ4n) is 1.75. The van der Waals surface area contributed by atoms with Crippen LogP contribution in [0.3, 0.4) is 0 Å². The number of aromatic nitrogens is 3. The van der Waals surface area contributed by atoms with E-state index < -0.39 is 0 Å². The number of H-pyrrole nitrogens is 1. The predicted octanol–water partition coefficient (Wildman–Crippen LogP) is 2.34. The van der Waals surface area contributed by atoms with Crippen molar-refractivity contribution in [2.75, 3.05) is 11.9 Å². The van der Waals surface area contributed by atoms with E-state index in [4.69, 9.17) is 0 Å². The molecular formula is C11H16N4. The number of aryl methyl sites for hydroxylation is 1. The zero-order valence-corrected chi connectivity index (χ0v) is 9.17. The average molecular weight is 204 g/mol. The first-order valence-electron chi connectivity index (χ1n) is 5.43. The summed E-state index contributed by atoms with van der Waals surface area (Å²) in [5.41, 5.74) is 4.35. The number of anilines is 1.